The number of carboxylic acid groups (broad SMARTS) is 1. The van der Waals surface area contributed by atoms with Crippen molar-refractivity contribution in [2.45, 2.75) is 33.1 Å². The van der Waals surface area contributed by atoms with E-state index >= 15 is 0 Å². The summed E-state index contributed by atoms with van der Waals surface area (Å²) in [6, 6.07) is 7.46. The molecule has 0 saturated carbocycles. The first kappa shape index (κ1) is 15.5. The molecule has 0 spiro atoms. The summed E-state index contributed by atoms with van der Waals surface area (Å²) in [5.74, 6) is -0.268. The Morgan fingerprint density at radius 2 is 2.10 bits per heavy atom. The van der Waals surface area contributed by atoms with Crippen molar-refractivity contribution in [2.75, 3.05) is 6.61 Å². The standard InChI is InChI=1S/C16H19NO3S/c1-5-20-11-8-6-7-10(9-11)13-12(14(18)19)17-15(21-13)16(2,3)4/h6-9H,5H2,1-4H3,(H,18,19). The van der Waals surface area contributed by atoms with E-state index in [9.17, 15) is 9.90 Å². The molecule has 0 aliphatic rings. The van der Waals surface area contributed by atoms with Crippen LogP contribution < -0.4 is 4.74 Å². The Labute approximate surface area is 128 Å². The van der Waals surface area contributed by atoms with E-state index in [0.29, 0.717) is 11.5 Å². The number of aromatic carboxylic acids is 1. The number of nitrogens with zero attached hydrogens (tertiary/aromatic N) is 1. The highest BCUT2D eigenvalue weighted by molar-refractivity contribution is 7.15. The molecule has 1 N–H and O–H groups in total. The Kier molecular flexibility index (Phi) is 4.32. The molecule has 2 aromatic rings. The van der Waals surface area contributed by atoms with Gasteiger partial charge in [-0.25, -0.2) is 9.78 Å². The number of carboxylic acids is 1. The van der Waals surface area contributed by atoms with E-state index < -0.39 is 5.97 Å². The van der Waals surface area contributed by atoms with Gasteiger partial charge in [0.1, 0.15) is 5.75 Å². The van der Waals surface area contributed by atoms with Gasteiger partial charge in [-0.3, -0.25) is 0 Å². The van der Waals surface area contributed by atoms with Crippen LogP contribution in [0.3, 0.4) is 0 Å². The molecule has 4 nitrogen and oxygen atoms in total. The highest BCUT2D eigenvalue weighted by atomic mass is 32.1. The molecule has 2 rings (SSSR count). The zero-order valence-corrected chi connectivity index (χ0v) is 13.5. The molecule has 0 atom stereocenters. The predicted molar refractivity (Wildman–Crippen MR) is 84.4 cm³/mol. The van der Waals surface area contributed by atoms with Gasteiger partial charge in [-0.2, -0.15) is 0 Å². The summed E-state index contributed by atoms with van der Waals surface area (Å²) < 4.78 is 5.48. The summed E-state index contributed by atoms with van der Waals surface area (Å²) in [4.78, 5) is 16.4. The fourth-order valence-corrected chi connectivity index (χ4v) is 2.99. The van der Waals surface area contributed by atoms with Gasteiger partial charge in [-0.15, -0.1) is 11.3 Å². The van der Waals surface area contributed by atoms with Crippen LogP contribution in [0.25, 0.3) is 10.4 Å². The van der Waals surface area contributed by atoms with E-state index in [1.54, 1.807) is 0 Å². The molecule has 1 heterocycles. The Balaban J connectivity index is 2.54. The van der Waals surface area contributed by atoms with Gasteiger partial charge in [0.05, 0.1) is 16.5 Å². The molecular formula is C16H19NO3S. The Bertz CT molecular complexity index is 656. The minimum atomic E-state index is -1.00. The van der Waals surface area contributed by atoms with Gasteiger partial charge < -0.3 is 9.84 Å². The van der Waals surface area contributed by atoms with E-state index in [1.807, 2.05) is 52.0 Å². The topological polar surface area (TPSA) is 59.4 Å². The largest absolute Gasteiger partial charge is 0.494 e. The molecule has 0 amide bonds. The van der Waals surface area contributed by atoms with Crippen LogP contribution in [0.4, 0.5) is 0 Å². The predicted octanol–water partition coefficient (Wildman–Crippen LogP) is 4.20. The fraction of sp³-hybridized carbons (Fsp3) is 0.375. The van der Waals surface area contributed by atoms with Crippen LogP contribution in [0.2, 0.25) is 0 Å². The maximum atomic E-state index is 11.5. The molecule has 0 aliphatic carbocycles. The molecule has 0 radical (unpaired) electrons. The first-order chi connectivity index (χ1) is 9.82. The van der Waals surface area contributed by atoms with E-state index in [4.69, 9.17) is 4.74 Å². The van der Waals surface area contributed by atoms with Crippen molar-refractivity contribution in [2.24, 2.45) is 0 Å². The van der Waals surface area contributed by atoms with E-state index in [1.165, 1.54) is 11.3 Å². The maximum Gasteiger partial charge on any atom is 0.356 e. The average Bonchev–Trinajstić information content (AvgIpc) is 2.84. The Morgan fingerprint density at radius 3 is 2.67 bits per heavy atom. The van der Waals surface area contributed by atoms with Crippen molar-refractivity contribution in [1.29, 1.82) is 0 Å². The minimum absolute atomic E-state index is 0.110. The van der Waals surface area contributed by atoms with Crippen LogP contribution in [0.5, 0.6) is 5.75 Å². The van der Waals surface area contributed by atoms with Gasteiger partial charge in [0.2, 0.25) is 0 Å². The smallest absolute Gasteiger partial charge is 0.356 e. The van der Waals surface area contributed by atoms with Crippen molar-refractivity contribution in [3.05, 3.63) is 35.0 Å². The lowest BCUT2D eigenvalue weighted by molar-refractivity contribution is 0.0692. The number of hydrogen-bond acceptors (Lipinski definition) is 4. The third-order valence-corrected chi connectivity index (χ3v) is 4.41. The molecule has 21 heavy (non-hydrogen) atoms. The molecule has 1 aromatic carbocycles. The lowest BCUT2D eigenvalue weighted by Gasteiger charge is -2.13. The summed E-state index contributed by atoms with van der Waals surface area (Å²) in [5.41, 5.74) is 0.759. The Hall–Kier alpha value is -1.88. The van der Waals surface area contributed by atoms with E-state index in [0.717, 1.165) is 16.3 Å². The fourth-order valence-electron chi connectivity index (χ4n) is 1.88. The minimum Gasteiger partial charge on any atom is -0.494 e. The quantitative estimate of drug-likeness (QED) is 0.919. The summed E-state index contributed by atoms with van der Waals surface area (Å²) in [5, 5.41) is 10.2. The highest BCUT2D eigenvalue weighted by Crippen LogP contribution is 2.37. The molecule has 0 unspecified atom stereocenters. The number of ether oxygens (including phenoxy) is 1. The third-order valence-electron chi connectivity index (χ3n) is 2.88. The van der Waals surface area contributed by atoms with E-state index in [-0.39, 0.29) is 11.1 Å². The first-order valence-electron chi connectivity index (χ1n) is 6.80. The van der Waals surface area contributed by atoms with Crippen LogP contribution in [0.1, 0.15) is 43.2 Å². The van der Waals surface area contributed by atoms with Gasteiger partial charge in [-0.1, -0.05) is 32.9 Å². The maximum absolute atomic E-state index is 11.5. The summed E-state index contributed by atoms with van der Waals surface area (Å²) in [6.45, 7) is 8.57. The average molecular weight is 305 g/mol. The van der Waals surface area contributed by atoms with E-state index in [2.05, 4.69) is 4.98 Å². The molecule has 112 valence electrons. The van der Waals surface area contributed by atoms with Crippen LogP contribution in [-0.4, -0.2) is 22.7 Å². The van der Waals surface area contributed by atoms with Crippen molar-refractivity contribution in [1.82, 2.24) is 4.98 Å². The number of benzene rings is 1. The molecule has 0 saturated heterocycles. The lowest BCUT2D eigenvalue weighted by Crippen LogP contribution is -2.11. The van der Waals surface area contributed by atoms with Crippen molar-refractivity contribution < 1.29 is 14.6 Å². The molecule has 0 bridgehead atoms. The van der Waals surface area contributed by atoms with Gasteiger partial charge in [0.15, 0.2) is 5.69 Å². The van der Waals surface area contributed by atoms with Gasteiger partial charge >= 0.3 is 5.97 Å². The molecule has 0 fully saturated rings. The van der Waals surface area contributed by atoms with Gasteiger partial charge in [-0.05, 0) is 24.6 Å². The highest BCUT2D eigenvalue weighted by Gasteiger charge is 2.25. The van der Waals surface area contributed by atoms with Gasteiger partial charge in [0, 0.05) is 5.41 Å². The number of hydrogen-bond donors (Lipinski definition) is 1. The molecule has 5 heteroatoms. The number of rotatable bonds is 4. The SMILES string of the molecule is CCOc1cccc(-c2sc(C(C)(C)C)nc2C(=O)O)c1. The van der Waals surface area contributed by atoms with Crippen LogP contribution in [0.15, 0.2) is 24.3 Å². The lowest BCUT2D eigenvalue weighted by atomic mass is 9.98. The second-order valence-corrected chi connectivity index (χ2v) is 6.71. The Morgan fingerprint density at radius 1 is 1.38 bits per heavy atom. The second kappa shape index (κ2) is 5.85. The number of aromatic nitrogens is 1. The summed E-state index contributed by atoms with van der Waals surface area (Å²) in [6.07, 6.45) is 0. The van der Waals surface area contributed by atoms with Crippen molar-refractivity contribution in [3.8, 4) is 16.2 Å². The summed E-state index contributed by atoms with van der Waals surface area (Å²) in [7, 11) is 0. The normalized spacial score (nSPS) is 11.4. The third kappa shape index (κ3) is 3.42. The van der Waals surface area contributed by atoms with Crippen LogP contribution in [-0.2, 0) is 5.41 Å². The number of thiazole rings is 1. The molecular weight excluding hydrogens is 286 g/mol. The molecule has 1 aromatic heterocycles. The van der Waals surface area contributed by atoms with Gasteiger partial charge in [0.25, 0.3) is 0 Å². The second-order valence-electron chi connectivity index (χ2n) is 5.71. The van der Waals surface area contributed by atoms with Crippen LogP contribution >= 0.6 is 11.3 Å². The zero-order chi connectivity index (χ0) is 15.6. The summed E-state index contributed by atoms with van der Waals surface area (Å²) >= 11 is 1.43. The van der Waals surface area contributed by atoms with Crippen molar-refractivity contribution in [3.63, 3.8) is 0 Å². The van der Waals surface area contributed by atoms with Crippen molar-refractivity contribution >= 4 is 17.3 Å². The number of carbonyl (C=O) groups is 1. The monoisotopic (exact) mass is 305 g/mol. The van der Waals surface area contributed by atoms with Crippen LogP contribution in [0, 0.1) is 0 Å². The molecule has 0 aliphatic heterocycles. The zero-order valence-electron chi connectivity index (χ0n) is 12.6. The first-order valence-corrected chi connectivity index (χ1v) is 7.62.